The van der Waals surface area contributed by atoms with Crippen molar-refractivity contribution in [3.8, 4) is 22.5 Å². The maximum absolute atomic E-state index is 13.3. The predicted octanol–water partition coefficient (Wildman–Crippen LogP) is 4.15. The molecule has 9 nitrogen and oxygen atoms in total. The molecule has 0 aliphatic carbocycles. The van der Waals surface area contributed by atoms with Crippen LogP contribution in [-0.4, -0.2) is 31.0 Å². The molecule has 0 unspecified atom stereocenters. The third kappa shape index (κ3) is 3.35. The summed E-state index contributed by atoms with van der Waals surface area (Å²) in [6.07, 6.45) is 1.85. The average Bonchev–Trinajstić information content (AvgIpc) is 3.46. The Balaban J connectivity index is 1.71. The molecular formula is C22H18N6O3. The number of amides is 1. The Morgan fingerprint density at radius 3 is 2.55 bits per heavy atom. The first-order valence-corrected chi connectivity index (χ1v) is 9.61. The van der Waals surface area contributed by atoms with Gasteiger partial charge in [0.1, 0.15) is 5.69 Å². The molecule has 1 N–H and O–H groups in total. The fourth-order valence-corrected chi connectivity index (χ4v) is 3.51. The van der Waals surface area contributed by atoms with Crippen molar-refractivity contribution in [3.05, 3.63) is 65.6 Å². The van der Waals surface area contributed by atoms with Crippen molar-refractivity contribution >= 4 is 22.9 Å². The molecular weight excluding hydrogens is 396 g/mol. The minimum Gasteiger partial charge on any atom is -0.338 e. The lowest BCUT2D eigenvalue weighted by Gasteiger charge is -2.07. The SMILES string of the molecule is Cc1cc(NC(=O)c2cc(-c3cn(C)nc3C)nc3onc(-c4ccccc4)c23)on1. The standard InChI is InChI=1S/C22H18N6O3/c1-12-9-18(30-26-12)24-21(29)15-10-17(16-11-28(3)25-13(16)2)23-22-19(15)20(27-31-22)14-7-5-4-6-8-14/h4-11H,1-3H3,(H,24,29). The second-order valence-electron chi connectivity index (χ2n) is 7.22. The summed E-state index contributed by atoms with van der Waals surface area (Å²) in [5.74, 6) is -0.129. The van der Waals surface area contributed by atoms with Gasteiger partial charge in [0, 0.05) is 30.4 Å². The molecule has 1 amide bonds. The van der Waals surface area contributed by atoms with E-state index in [1.54, 1.807) is 23.7 Å². The number of aryl methyl sites for hydroxylation is 3. The first-order chi connectivity index (χ1) is 15.0. The maximum atomic E-state index is 13.3. The summed E-state index contributed by atoms with van der Waals surface area (Å²) in [6.45, 7) is 3.66. The van der Waals surface area contributed by atoms with E-state index in [4.69, 9.17) is 9.05 Å². The van der Waals surface area contributed by atoms with Gasteiger partial charge < -0.3 is 9.05 Å². The number of rotatable bonds is 4. The molecule has 0 aliphatic heterocycles. The van der Waals surface area contributed by atoms with Gasteiger partial charge in [0.05, 0.1) is 28.0 Å². The number of carbonyl (C=O) groups excluding carboxylic acids is 1. The molecule has 31 heavy (non-hydrogen) atoms. The van der Waals surface area contributed by atoms with Crippen LogP contribution >= 0.6 is 0 Å². The van der Waals surface area contributed by atoms with Crippen molar-refractivity contribution < 1.29 is 13.8 Å². The Morgan fingerprint density at radius 2 is 1.87 bits per heavy atom. The molecule has 0 spiro atoms. The second kappa shape index (κ2) is 7.21. The largest absolute Gasteiger partial charge is 0.338 e. The van der Waals surface area contributed by atoms with E-state index in [0.717, 1.165) is 16.8 Å². The van der Waals surface area contributed by atoms with E-state index in [2.05, 4.69) is 25.7 Å². The van der Waals surface area contributed by atoms with Crippen LogP contribution in [0.2, 0.25) is 0 Å². The number of hydrogen-bond donors (Lipinski definition) is 1. The first-order valence-electron chi connectivity index (χ1n) is 9.61. The summed E-state index contributed by atoms with van der Waals surface area (Å²) >= 11 is 0. The van der Waals surface area contributed by atoms with Crippen molar-refractivity contribution in [3.63, 3.8) is 0 Å². The van der Waals surface area contributed by atoms with Crippen LogP contribution in [-0.2, 0) is 7.05 Å². The molecule has 4 aromatic heterocycles. The van der Waals surface area contributed by atoms with Crippen LogP contribution in [0, 0.1) is 13.8 Å². The molecule has 5 rings (SSSR count). The highest BCUT2D eigenvalue weighted by Crippen LogP contribution is 2.33. The van der Waals surface area contributed by atoms with Gasteiger partial charge >= 0.3 is 0 Å². The zero-order valence-electron chi connectivity index (χ0n) is 17.1. The highest BCUT2D eigenvalue weighted by Gasteiger charge is 2.23. The smallest absolute Gasteiger partial charge is 0.259 e. The number of benzene rings is 1. The number of pyridine rings is 1. The zero-order valence-corrected chi connectivity index (χ0v) is 17.1. The van der Waals surface area contributed by atoms with E-state index in [9.17, 15) is 4.79 Å². The second-order valence-corrected chi connectivity index (χ2v) is 7.22. The molecule has 0 fully saturated rings. The summed E-state index contributed by atoms with van der Waals surface area (Å²) in [4.78, 5) is 17.9. The van der Waals surface area contributed by atoms with Gasteiger partial charge in [0.2, 0.25) is 5.88 Å². The summed E-state index contributed by atoms with van der Waals surface area (Å²) in [7, 11) is 1.83. The van der Waals surface area contributed by atoms with E-state index in [0.29, 0.717) is 28.0 Å². The summed E-state index contributed by atoms with van der Waals surface area (Å²) in [5, 5.41) is 15.7. The van der Waals surface area contributed by atoms with Gasteiger partial charge in [-0.05, 0) is 19.9 Å². The summed E-state index contributed by atoms with van der Waals surface area (Å²) < 4.78 is 12.4. The minimum absolute atomic E-state index is 0.254. The highest BCUT2D eigenvalue weighted by atomic mass is 16.5. The quantitative estimate of drug-likeness (QED) is 0.470. The Bertz CT molecular complexity index is 1410. The lowest BCUT2D eigenvalue weighted by Crippen LogP contribution is -2.12. The van der Waals surface area contributed by atoms with Crippen LogP contribution < -0.4 is 5.32 Å². The maximum Gasteiger partial charge on any atom is 0.259 e. The molecule has 0 saturated carbocycles. The van der Waals surface area contributed by atoms with E-state index >= 15 is 0 Å². The molecule has 4 heterocycles. The van der Waals surface area contributed by atoms with Gasteiger partial charge in [-0.15, -0.1) is 0 Å². The summed E-state index contributed by atoms with van der Waals surface area (Å²) in [5.41, 5.74) is 4.79. The topological polar surface area (TPSA) is 112 Å². The Morgan fingerprint density at radius 1 is 1.06 bits per heavy atom. The van der Waals surface area contributed by atoms with Crippen LogP contribution in [0.5, 0.6) is 0 Å². The van der Waals surface area contributed by atoms with Crippen molar-refractivity contribution in [1.82, 2.24) is 25.1 Å². The average molecular weight is 414 g/mol. The lowest BCUT2D eigenvalue weighted by molar-refractivity contribution is 0.102. The number of nitrogens with one attached hydrogen (secondary N) is 1. The van der Waals surface area contributed by atoms with Crippen LogP contribution in [0.1, 0.15) is 21.7 Å². The normalized spacial score (nSPS) is 11.2. The molecule has 0 aliphatic rings. The molecule has 9 heteroatoms. The van der Waals surface area contributed by atoms with Crippen molar-refractivity contribution in [1.29, 1.82) is 0 Å². The van der Waals surface area contributed by atoms with Crippen LogP contribution in [0.15, 0.2) is 57.7 Å². The fraction of sp³-hybridized carbons (Fsp3) is 0.136. The number of carbonyl (C=O) groups is 1. The zero-order chi connectivity index (χ0) is 21.5. The molecule has 0 atom stereocenters. The number of fused-ring (bicyclic) bond motifs is 1. The number of aromatic nitrogens is 5. The minimum atomic E-state index is -0.383. The molecule has 0 radical (unpaired) electrons. The van der Waals surface area contributed by atoms with Gasteiger partial charge in [-0.2, -0.15) is 5.10 Å². The monoisotopic (exact) mass is 414 g/mol. The summed E-state index contributed by atoms with van der Waals surface area (Å²) in [6, 6.07) is 12.9. The lowest BCUT2D eigenvalue weighted by atomic mass is 10.0. The van der Waals surface area contributed by atoms with Gasteiger partial charge in [-0.3, -0.25) is 14.8 Å². The van der Waals surface area contributed by atoms with E-state index in [1.165, 1.54) is 0 Å². The van der Waals surface area contributed by atoms with Crippen molar-refractivity contribution in [2.24, 2.45) is 7.05 Å². The third-order valence-electron chi connectivity index (χ3n) is 4.89. The Labute approximate surface area is 176 Å². The van der Waals surface area contributed by atoms with Crippen LogP contribution in [0.4, 0.5) is 5.88 Å². The van der Waals surface area contributed by atoms with Gasteiger partial charge in [-0.1, -0.05) is 40.6 Å². The highest BCUT2D eigenvalue weighted by molar-refractivity contribution is 6.15. The van der Waals surface area contributed by atoms with Gasteiger partial charge in [0.25, 0.3) is 11.6 Å². The predicted molar refractivity (Wildman–Crippen MR) is 113 cm³/mol. The van der Waals surface area contributed by atoms with Crippen molar-refractivity contribution in [2.75, 3.05) is 5.32 Å². The van der Waals surface area contributed by atoms with Gasteiger partial charge in [0.15, 0.2) is 0 Å². The molecule has 154 valence electrons. The molecule has 1 aromatic carbocycles. The van der Waals surface area contributed by atoms with Crippen LogP contribution in [0.25, 0.3) is 33.6 Å². The van der Waals surface area contributed by atoms with Gasteiger partial charge in [-0.25, -0.2) is 4.98 Å². The number of anilines is 1. The third-order valence-corrected chi connectivity index (χ3v) is 4.89. The molecule has 0 saturated heterocycles. The molecule has 0 bridgehead atoms. The number of nitrogens with zero attached hydrogens (tertiary/aromatic N) is 5. The fourth-order valence-electron chi connectivity index (χ4n) is 3.51. The Hall–Kier alpha value is -4.27. The van der Waals surface area contributed by atoms with Crippen molar-refractivity contribution in [2.45, 2.75) is 13.8 Å². The number of hydrogen-bond acceptors (Lipinski definition) is 7. The van der Waals surface area contributed by atoms with E-state index in [1.807, 2.05) is 50.5 Å². The van der Waals surface area contributed by atoms with E-state index < -0.39 is 0 Å². The van der Waals surface area contributed by atoms with E-state index in [-0.39, 0.29) is 17.5 Å². The van der Waals surface area contributed by atoms with Crippen LogP contribution in [0.3, 0.4) is 0 Å². The molecule has 5 aromatic rings. The Kier molecular flexibility index (Phi) is 4.36. The first kappa shape index (κ1) is 18.7.